The number of carbonyl (C=O) groups is 1. The van der Waals surface area contributed by atoms with Crippen molar-refractivity contribution in [3.8, 4) is 17.7 Å². The summed E-state index contributed by atoms with van der Waals surface area (Å²) in [6.45, 7) is 11.2. The molecule has 0 radical (unpaired) electrons. The minimum atomic E-state index is -0.412. The molecule has 1 aliphatic heterocycles. The van der Waals surface area contributed by atoms with Crippen LogP contribution in [0.5, 0.6) is 5.88 Å². The number of hydrogen-bond acceptors (Lipinski definition) is 8. The van der Waals surface area contributed by atoms with Crippen molar-refractivity contribution in [2.45, 2.75) is 32.6 Å². The Hall–Kier alpha value is -4.40. The molecule has 1 aromatic carbocycles. The monoisotopic (exact) mass is 543 g/mol. The van der Waals surface area contributed by atoms with Gasteiger partial charge in [0.2, 0.25) is 5.88 Å². The minimum absolute atomic E-state index is 0.194. The highest BCUT2D eigenvalue weighted by Gasteiger charge is 2.20. The van der Waals surface area contributed by atoms with Gasteiger partial charge in [0.05, 0.1) is 26.0 Å². The zero-order valence-corrected chi connectivity index (χ0v) is 22.9. The van der Waals surface area contributed by atoms with Crippen molar-refractivity contribution in [3.05, 3.63) is 65.7 Å². The van der Waals surface area contributed by atoms with Gasteiger partial charge in [0.1, 0.15) is 11.5 Å². The second-order valence-electron chi connectivity index (χ2n) is 10.5. The van der Waals surface area contributed by atoms with Gasteiger partial charge in [-0.05, 0) is 42.7 Å². The highest BCUT2D eigenvalue weighted by Crippen LogP contribution is 2.24. The molecule has 0 saturated carbocycles. The number of urea groups is 1. The highest BCUT2D eigenvalue weighted by molar-refractivity contribution is 5.99. The number of aromatic nitrogens is 4. The van der Waals surface area contributed by atoms with Crippen molar-refractivity contribution in [3.63, 3.8) is 0 Å². The molecular weight excluding hydrogens is 510 g/mol. The minimum Gasteiger partial charge on any atom is -0.477 e. The van der Waals surface area contributed by atoms with Crippen LogP contribution in [0.15, 0.2) is 53.2 Å². The van der Waals surface area contributed by atoms with E-state index >= 15 is 0 Å². The first-order valence-electron chi connectivity index (χ1n) is 13.3. The second-order valence-corrected chi connectivity index (χ2v) is 10.5. The molecule has 5 rings (SSSR count). The average molecular weight is 544 g/mol. The Morgan fingerprint density at radius 2 is 1.88 bits per heavy atom. The maximum absolute atomic E-state index is 12.3. The smallest absolute Gasteiger partial charge is 0.324 e. The van der Waals surface area contributed by atoms with Crippen LogP contribution in [0.4, 0.5) is 16.3 Å². The third-order valence-corrected chi connectivity index (χ3v) is 6.24. The summed E-state index contributed by atoms with van der Waals surface area (Å²) in [4.78, 5) is 19.2. The van der Waals surface area contributed by atoms with Crippen LogP contribution in [-0.4, -0.2) is 70.1 Å². The number of hydrogen-bond donors (Lipinski definition) is 2. The van der Waals surface area contributed by atoms with Crippen LogP contribution in [0, 0.1) is 11.8 Å². The Kier molecular flexibility index (Phi) is 8.28. The van der Waals surface area contributed by atoms with Gasteiger partial charge in [0.15, 0.2) is 11.5 Å². The third-order valence-electron chi connectivity index (χ3n) is 6.24. The van der Waals surface area contributed by atoms with E-state index in [-0.39, 0.29) is 5.41 Å². The van der Waals surface area contributed by atoms with E-state index in [1.807, 2.05) is 45.0 Å². The molecule has 4 heterocycles. The number of anilines is 2. The zero-order valence-electron chi connectivity index (χ0n) is 22.9. The van der Waals surface area contributed by atoms with E-state index in [9.17, 15) is 4.79 Å². The van der Waals surface area contributed by atoms with Crippen molar-refractivity contribution in [1.82, 2.24) is 24.7 Å². The normalized spacial score (nSPS) is 14.0. The molecule has 0 unspecified atom stereocenters. The molecule has 208 valence electrons. The van der Waals surface area contributed by atoms with E-state index in [0.29, 0.717) is 41.1 Å². The summed E-state index contributed by atoms with van der Waals surface area (Å²) in [5, 5.41) is 13.8. The third kappa shape index (κ3) is 7.37. The Morgan fingerprint density at radius 1 is 1.07 bits per heavy atom. The number of amides is 2. The van der Waals surface area contributed by atoms with Crippen LogP contribution in [0.1, 0.15) is 44.2 Å². The Labute approximate surface area is 232 Å². The van der Waals surface area contributed by atoms with Crippen molar-refractivity contribution >= 4 is 23.2 Å². The lowest BCUT2D eigenvalue weighted by Crippen LogP contribution is -2.37. The lowest BCUT2D eigenvalue weighted by molar-refractivity contribution is 0.0357. The van der Waals surface area contributed by atoms with Gasteiger partial charge in [0, 0.05) is 48.4 Å². The molecule has 0 spiro atoms. The number of benzene rings is 1. The van der Waals surface area contributed by atoms with Crippen LogP contribution in [0.25, 0.3) is 5.65 Å². The van der Waals surface area contributed by atoms with Crippen molar-refractivity contribution in [2.24, 2.45) is 0 Å². The van der Waals surface area contributed by atoms with Crippen LogP contribution in [-0.2, 0) is 10.2 Å². The van der Waals surface area contributed by atoms with Crippen molar-refractivity contribution < 1.29 is 18.8 Å². The number of ether oxygens (including phenoxy) is 2. The molecule has 0 aliphatic carbocycles. The standard InChI is InChI=1S/C29H33N7O4/c1-29(2,3)24-19-25(34-40-24)32-28(37)31-22-8-5-21(6-9-22)7-10-23-20-36-26(30-23)11-12-27(33-36)39-16-4-13-35-14-17-38-18-15-35/h5-6,8-9,11-12,19-20H,4,13-18H2,1-3H3,(H2,31,32,34,37). The van der Waals surface area contributed by atoms with Gasteiger partial charge in [-0.3, -0.25) is 10.2 Å². The summed E-state index contributed by atoms with van der Waals surface area (Å²) in [5.41, 5.74) is 2.50. The molecule has 11 nitrogen and oxygen atoms in total. The number of rotatable bonds is 7. The van der Waals surface area contributed by atoms with E-state index in [0.717, 1.165) is 44.8 Å². The molecule has 40 heavy (non-hydrogen) atoms. The molecule has 0 bridgehead atoms. The second kappa shape index (κ2) is 12.2. The van der Waals surface area contributed by atoms with Crippen LogP contribution in [0.3, 0.4) is 0 Å². The molecule has 1 fully saturated rings. The highest BCUT2D eigenvalue weighted by atomic mass is 16.5. The molecule has 0 atom stereocenters. The van der Waals surface area contributed by atoms with Gasteiger partial charge in [-0.2, -0.15) is 0 Å². The Bertz CT molecular complexity index is 1500. The van der Waals surface area contributed by atoms with E-state index in [1.165, 1.54) is 0 Å². The van der Waals surface area contributed by atoms with Gasteiger partial charge in [-0.25, -0.2) is 14.3 Å². The fourth-order valence-corrected chi connectivity index (χ4v) is 4.03. The molecule has 2 amide bonds. The molecule has 3 aromatic heterocycles. The van der Waals surface area contributed by atoms with Crippen LogP contribution < -0.4 is 15.4 Å². The first-order chi connectivity index (χ1) is 19.3. The van der Waals surface area contributed by atoms with Gasteiger partial charge in [-0.15, -0.1) is 5.10 Å². The van der Waals surface area contributed by atoms with Crippen molar-refractivity contribution in [2.75, 3.05) is 50.1 Å². The molecule has 1 saturated heterocycles. The van der Waals surface area contributed by atoms with E-state index in [2.05, 4.69) is 42.6 Å². The topological polar surface area (TPSA) is 119 Å². The first kappa shape index (κ1) is 27.2. The summed E-state index contributed by atoms with van der Waals surface area (Å²) in [7, 11) is 0. The number of morpholine rings is 1. The maximum atomic E-state index is 12.3. The first-order valence-corrected chi connectivity index (χ1v) is 13.3. The average Bonchev–Trinajstić information content (AvgIpc) is 3.58. The largest absolute Gasteiger partial charge is 0.477 e. The summed E-state index contributed by atoms with van der Waals surface area (Å²) >= 11 is 0. The van der Waals surface area contributed by atoms with E-state index in [1.54, 1.807) is 28.9 Å². The van der Waals surface area contributed by atoms with Crippen LogP contribution in [0.2, 0.25) is 0 Å². The molecule has 11 heteroatoms. The molecule has 2 N–H and O–H groups in total. The predicted octanol–water partition coefficient (Wildman–Crippen LogP) is 4.16. The van der Waals surface area contributed by atoms with E-state index in [4.69, 9.17) is 14.0 Å². The number of nitrogens with zero attached hydrogens (tertiary/aromatic N) is 5. The van der Waals surface area contributed by atoms with E-state index < -0.39 is 6.03 Å². The molecule has 4 aromatic rings. The van der Waals surface area contributed by atoms with Gasteiger partial charge >= 0.3 is 6.03 Å². The SMILES string of the molecule is CC(C)(C)c1cc(NC(=O)Nc2ccc(C#Cc3cn4nc(OCCCN5CCOCC5)ccc4n3)cc2)no1. The zero-order chi connectivity index (χ0) is 28.0. The number of fused-ring (bicyclic) bond motifs is 1. The lowest BCUT2D eigenvalue weighted by Gasteiger charge is -2.26. The molecular formula is C29H33N7O4. The fraction of sp³-hybridized carbons (Fsp3) is 0.379. The quantitative estimate of drug-likeness (QED) is 0.264. The lowest BCUT2D eigenvalue weighted by atomic mass is 9.93. The van der Waals surface area contributed by atoms with Gasteiger partial charge in [-0.1, -0.05) is 31.8 Å². The van der Waals surface area contributed by atoms with Crippen LogP contribution >= 0.6 is 0 Å². The summed E-state index contributed by atoms with van der Waals surface area (Å²) in [6.07, 6.45) is 2.71. The Balaban J connectivity index is 1.12. The summed E-state index contributed by atoms with van der Waals surface area (Å²) in [5.74, 6) is 7.77. The van der Waals surface area contributed by atoms with Gasteiger partial charge < -0.3 is 19.3 Å². The summed E-state index contributed by atoms with van der Waals surface area (Å²) < 4.78 is 18.2. The summed E-state index contributed by atoms with van der Waals surface area (Å²) in [6, 6.07) is 12.2. The fourth-order valence-electron chi connectivity index (χ4n) is 4.03. The number of imidazole rings is 1. The molecule has 1 aliphatic rings. The predicted molar refractivity (Wildman–Crippen MR) is 151 cm³/mol. The maximum Gasteiger partial charge on any atom is 0.324 e. The number of nitrogens with one attached hydrogen (secondary N) is 2. The van der Waals surface area contributed by atoms with Crippen molar-refractivity contribution in [1.29, 1.82) is 0 Å². The van der Waals surface area contributed by atoms with Gasteiger partial charge in [0.25, 0.3) is 0 Å². The Morgan fingerprint density at radius 3 is 2.62 bits per heavy atom. The number of carbonyl (C=O) groups excluding carboxylic acids is 1.